The van der Waals surface area contributed by atoms with E-state index in [-0.39, 0.29) is 25.0 Å². The normalized spacial score (nSPS) is 19.7. The first-order chi connectivity index (χ1) is 11.0. The Bertz CT molecular complexity index is 380. The summed E-state index contributed by atoms with van der Waals surface area (Å²) in [7, 11) is 12.0. The van der Waals surface area contributed by atoms with Gasteiger partial charge in [-0.3, -0.25) is 0 Å². The van der Waals surface area contributed by atoms with Gasteiger partial charge in [0.05, 0.1) is 0 Å². The third-order valence-corrected chi connectivity index (χ3v) is 7.74. The van der Waals surface area contributed by atoms with E-state index in [4.69, 9.17) is 37.0 Å². The number of rotatable bonds is 6. The van der Waals surface area contributed by atoms with Crippen LogP contribution in [0.25, 0.3) is 0 Å². The Morgan fingerprint density at radius 2 is 1.17 bits per heavy atom. The van der Waals surface area contributed by atoms with E-state index >= 15 is 0 Å². The molecule has 0 aromatic rings. The summed E-state index contributed by atoms with van der Waals surface area (Å²) in [4.78, 5) is 27.1. The van der Waals surface area contributed by atoms with Crippen molar-refractivity contribution >= 4 is 43.9 Å². The summed E-state index contributed by atoms with van der Waals surface area (Å²) < 4.78 is 20.8. The fourth-order valence-corrected chi connectivity index (χ4v) is 4.67. The van der Waals surface area contributed by atoms with Gasteiger partial charge >= 0.3 is 146 Å². The molecule has 2 fully saturated rings. The molecule has 132 valence electrons. The molecular formula is C12H20Cl2GeN2O6. The van der Waals surface area contributed by atoms with Crippen molar-refractivity contribution in [1.82, 2.24) is 9.80 Å². The molecule has 0 radical (unpaired) electrons. The van der Waals surface area contributed by atoms with Crippen molar-refractivity contribution in [2.75, 3.05) is 65.8 Å². The van der Waals surface area contributed by atoms with Crippen molar-refractivity contribution in [2.45, 2.75) is 0 Å². The molecule has 0 aromatic heterocycles. The number of carbonyl (C=O) groups excluding carboxylic acids is 2. The molecule has 0 bridgehead atoms. The number of morpholine rings is 2. The number of carbonyl (C=O) groups is 2. The van der Waals surface area contributed by atoms with E-state index in [1.807, 2.05) is 0 Å². The van der Waals surface area contributed by atoms with Crippen LogP contribution in [0.2, 0.25) is 0 Å². The molecule has 0 saturated carbocycles. The second-order valence-electron chi connectivity index (χ2n) is 5.03. The maximum absolute atomic E-state index is 11.9. The summed E-state index contributed by atoms with van der Waals surface area (Å²) in [6.07, 6.45) is 0. The molecule has 0 N–H and O–H groups in total. The zero-order valence-electron chi connectivity index (χ0n) is 12.7. The van der Waals surface area contributed by atoms with Crippen molar-refractivity contribution < 1.29 is 26.6 Å². The van der Waals surface area contributed by atoms with Crippen LogP contribution >= 0.6 is 20.0 Å². The Kier molecular flexibility index (Phi) is 7.86. The number of ether oxygens (including phenoxy) is 2. The van der Waals surface area contributed by atoms with Crippen molar-refractivity contribution in [1.29, 1.82) is 0 Å². The van der Waals surface area contributed by atoms with Gasteiger partial charge in [-0.1, -0.05) is 0 Å². The van der Waals surface area contributed by atoms with Crippen LogP contribution < -0.4 is 0 Å². The second kappa shape index (κ2) is 9.40. The Balaban J connectivity index is 1.68. The van der Waals surface area contributed by atoms with Gasteiger partial charge < -0.3 is 0 Å². The Hall–Kier alpha value is -0.0971. The molecule has 0 aromatic carbocycles. The fraction of sp³-hybridized carbons (Fsp3) is 0.833. The Morgan fingerprint density at radius 1 is 0.826 bits per heavy atom. The van der Waals surface area contributed by atoms with E-state index in [0.29, 0.717) is 52.6 Å². The number of hydrogen-bond acceptors (Lipinski definition) is 6. The average Bonchev–Trinajstić information content (AvgIpc) is 2.59. The van der Waals surface area contributed by atoms with Crippen LogP contribution in [0.4, 0.5) is 0 Å². The second-order valence-corrected chi connectivity index (χ2v) is 14.4. The van der Waals surface area contributed by atoms with Crippen LogP contribution in [0.15, 0.2) is 0 Å². The minimum absolute atomic E-state index is 0.215. The molecule has 0 atom stereocenters. The van der Waals surface area contributed by atoms with Gasteiger partial charge in [0.2, 0.25) is 0 Å². The van der Waals surface area contributed by atoms with Crippen LogP contribution in [-0.4, -0.2) is 99.5 Å². The fourth-order valence-electron chi connectivity index (χ4n) is 2.14. The van der Waals surface area contributed by atoms with E-state index in [2.05, 4.69) is 0 Å². The van der Waals surface area contributed by atoms with Crippen LogP contribution in [0.1, 0.15) is 0 Å². The van der Waals surface area contributed by atoms with E-state index in [1.54, 1.807) is 9.80 Å². The van der Waals surface area contributed by atoms with Crippen LogP contribution in [0.3, 0.4) is 0 Å². The zero-order chi connectivity index (χ0) is 16.7. The van der Waals surface area contributed by atoms with Gasteiger partial charge in [0.15, 0.2) is 0 Å². The molecule has 2 saturated heterocycles. The van der Waals surface area contributed by atoms with Crippen molar-refractivity contribution in [3.8, 4) is 0 Å². The van der Waals surface area contributed by atoms with Gasteiger partial charge in [-0.25, -0.2) is 0 Å². The third kappa shape index (κ3) is 6.73. The SMILES string of the molecule is O=C(C[O][Ge]([Cl])([Cl])[O]CC(=O)N1CCOCC1)N1CCOCC1. The Labute approximate surface area is 146 Å². The molecule has 2 aliphatic rings. The first-order valence-electron chi connectivity index (χ1n) is 7.35. The van der Waals surface area contributed by atoms with Crippen LogP contribution in [-0.2, 0) is 26.6 Å². The monoisotopic (exact) mass is 432 g/mol. The standard InChI is InChI=1S/C12H20Cl2GeN2O6/c13-15(14,22-9-11(18)16-1-5-20-6-2-16)23-10-12(19)17-3-7-21-8-4-17/h1-10H2. The van der Waals surface area contributed by atoms with Crippen molar-refractivity contribution in [3.63, 3.8) is 0 Å². The van der Waals surface area contributed by atoms with Gasteiger partial charge in [0.25, 0.3) is 0 Å². The summed E-state index contributed by atoms with van der Waals surface area (Å²) in [5.74, 6) is -0.430. The topological polar surface area (TPSA) is 77.5 Å². The van der Waals surface area contributed by atoms with E-state index < -0.39 is 12.1 Å². The molecule has 0 aliphatic carbocycles. The van der Waals surface area contributed by atoms with Crippen molar-refractivity contribution in [3.05, 3.63) is 0 Å². The summed E-state index contributed by atoms with van der Waals surface area (Å²) >= 11 is -4.10. The number of hydrogen-bond donors (Lipinski definition) is 0. The molecule has 11 heteroatoms. The van der Waals surface area contributed by atoms with Crippen molar-refractivity contribution in [2.24, 2.45) is 0 Å². The average molecular weight is 432 g/mol. The zero-order valence-corrected chi connectivity index (χ0v) is 16.3. The molecule has 23 heavy (non-hydrogen) atoms. The first-order valence-corrected chi connectivity index (χ1v) is 14.6. The molecule has 2 amide bonds. The molecular weight excluding hydrogens is 412 g/mol. The van der Waals surface area contributed by atoms with Gasteiger partial charge in [-0.2, -0.15) is 0 Å². The maximum atomic E-state index is 11.9. The first kappa shape index (κ1) is 19.2. The predicted octanol–water partition coefficient (Wildman–Crippen LogP) is -0.350. The molecule has 0 spiro atoms. The molecule has 0 unspecified atom stereocenters. The number of nitrogens with zero attached hydrogens (tertiary/aromatic N) is 2. The van der Waals surface area contributed by atoms with E-state index in [0.717, 1.165) is 0 Å². The molecule has 2 rings (SSSR count). The van der Waals surface area contributed by atoms with Gasteiger partial charge in [0, 0.05) is 0 Å². The summed E-state index contributed by atoms with van der Waals surface area (Å²) in [6.45, 7) is 3.58. The molecule has 8 nitrogen and oxygen atoms in total. The molecule has 2 heterocycles. The van der Waals surface area contributed by atoms with Crippen LogP contribution in [0.5, 0.6) is 0 Å². The quantitative estimate of drug-likeness (QED) is 0.535. The minimum atomic E-state index is -4.10. The summed E-state index contributed by atoms with van der Waals surface area (Å²) in [5.41, 5.74) is 0. The van der Waals surface area contributed by atoms with E-state index in [1.165, 1.54) is 0 Å². The van der Waals surface area contributed by atoms with Gasteiger partial charge in [-0.15, -0.1) is 0 Å². The summed E-state index contributed by atoms with van der Waals surface area (Å²) in [5, 5.41) is 0. The predicted molar refractivity (Wildman–Crippen MR) is 84.2 cm³/mol. The van der Waals surface area contributed by atoms with Crippen LogP contribution in [0, 0.1) is 0 Å². The van der Waals surface area contributed by atoms with Gasteiger partial charge in [0.1, 0.15) is 0 Å². The number of halogens is 2. The Morgan fingerprint density at radius 3 is 1.52 bits per heavy atom. The summed E-state index contributed by atoms with van der Waals surface area (Å²) in [6, 6.07) is 0. The number of amides is 2. The molecule has 2 aliphatic heterocycles. The third-order valence-electron chi connectivity index (χ3n) is 3.45. The van der Waals surface area contributed by atoms with Gasteiger partial charge in [-0.05, 0) is 0 Å². The van der Waals surface area contributed by atoms with E-state index in [9.17, 15) is 9.59 Å².